The number of benzene rings is 2. The van der Waals surface area contributed by atoms with Gasteiger partial charge in [-0.1, -0.05) is 30.3 Å². The molecule has 0 fully saturated rings. The second-order valence-electron chi connectivity index (χ2n) is 9.58. The number of methoxy groups -OCH3 is 4. The molecular weight excluding hydrogens is 612 g/mol. The number of nitrogens with one attached hydrogen (secondary N) is 1. The predicted octanol–water partition coefficient (Wildman–Crippen LogP) is 3.28. The van der Waals surface area contributed by atoms with E-state index in [1.807, 2.05) is 42.0 Å². The van der Waals surface area contributed by atoms with Crippen LogP contribution in [-0.4, -0.2) is 87.8 Å². The molecule has 0 spiro atoms. The minimum absolute atomic E-state index is 0.105. The van der Waals surface area contributed by atoms with E-state index >= 15 is 0 Å². The quantitative estimate of drug-likeness (QED) is 0.219. The van der Waals surface area contributed by atoms with Gasteiger partial charge in [0.15, 0.2) is 0 Å². The second-order valence-corrected chi connectivity index (χ2v) is 12.1. The van der Waals surface area contributed by atoms with Gasteiger partial charge in [0.05, 0.1) is 41.0 Å². The Morgan fingerprint density at radius 2 is 1.70 bits per heavy atom. The van der Waals surface area contributed by atoms with Crippen molar-refractivity contribution in [3.05, 3.63) is 75.2 Å². The first-order valence-corrected chi connectivity index (χ1v) is 15.9. The maximum atomic E-state index is 12.9. The Bertz CT molecular complexity index is 1470. The van der Waals surface area contributed by atoms with Crippen LogP contribution in [0.2, 0.25) is 0 Å². The first-order chi connectivity index (χ1) is 21.0. The number of thiazole rings is 1. The van der Waals surface area contributed by atoms with Crippen LogP contribution in [0.5, 0.6) is 11.5 Å². The Labute approximate surface area is 261 Å². The summed E-state index contributed by atoms with van der Waals surface area (Å²) in [7, 11) is 0.842. The minimum atomic E-state index is -4.60. The highest BCUT2D eigenvalue weighted by atomic mass is 32.2. The number of nitrogens with zero attached hydrogens (tertiary/aromatic N) is 3. The van der Waals surface area contributed by atoms with Gasteiger partial charge in [0.1, 0.15) is 28.4 Å². The molecule has 15 heteroatoms. The summed E-state index contributed by atoms with van der Waals surface area (Å²) in [5.41, 5.74) is 2.33. The van der Waals surface area contributed by atoms with Gasteiger partial charge < -0.3 is 24.1 Å². The average Bonchev–Trinajstić information content (AvgIpc) is 3.49. The summed E-state index contributed by atoms with van der Waals surface area (Å²) in [6, 6.07) is 13.4. The maximum Gasteiger partial charge on any atom is 0.424 e. The minimum Gasteiger partial charge on any atom is -0.496 e. The lowest BCUT2D eigenvalue weighted by molar-refractivity contribution is -0.00543. The van der Waals surface area contributed by atoms with Crippen LogP contribution in [0.4, 0.5) is 4.79 Å². The summed E-state index contributed by atoms with van der Waals surface area (Å²) >= 11 is 1.13. The molecule has 0 aliphatic heterocycles. The fraction of sp³-hybridized carbons (Fsp3) is 0.414. The molecule has 2 amide bonds. The Balaban J connectivity index is 1.82. The molecule has 0 saturated carbocycles. The third-order valence-corrected chi connectivity index (χ3v) is 8.87. The standard InChI is InChI=1S/C29H38N4O9S2/c1-20-24(40-3)16-22(17-25(20)41-4)28(35)32(13-9-12-21-10-7-6-8-11-21)18-26-30-23(19-43-26)27(34)31-44(37,38)33(14-15-39-2)29(36)42-5/h6-8,10-11,16-17,19,28,35H,9,12-15,18H2,1-5H3,(H,31,34). The van der Waals surface area contributed by atoms with E-state index in [9.17, 15) is 23.1 Å². The van der Waals surface area contributed by atoms with Crippen LogP contribution in [0.1, 0.15) is 44.8 Å². The Morgan fingerprint density at radius 3 is 2.30 bits per heavy atom. The van der Waals surface area contributed by atoms with Gasteiger partial charge in [-0.05, 0) is 37.5 Å². The topological polar surface area (TPSA) is 157 Å². The van der Waals surface area contributed by atoms with E-state index in [1.165, 1.54) is 12.5 Å². The Kier molecular flexibility index (Phi) is 12.9. The van der Waals surface area contributed by atoms with Crippen molar-refractivity contribution in [2.24, 2.45) is 0 Å². The summed E-state index contributed by atoms with van der Waals surface area (Å²) in [5, 5.41) is 13.4. The van der Waals surface area contributed by atoms with Gasteiger partial charge in [-0.25, -0.2) is 14.5 Å². The lowest BCUT2D eigenvalue weighted by atomic mass is 10.1. The van der Waals surface area contributed by atoms with Crippen molar-refractivity contribution >= 4 is 33.5 Å². The Hall–Kier alpha value is -3.76. The molecule has 3 aromatic rings. The van der Waals surface area contributed by atoms with Gasteiger partial charge in [-0.15, -0.1) is 11.3 Å². The van der Waals surface area contributed by atoms with E-state index in [1.54, 1.807) is 31.3 Å². The maximum absolute atomic E-state index is 12.9. The zero-order valence-electron chi connectivity index (χ0n) is 25.3. The second kappa shape index (κ2) is 16.4. The molecule has 0 radical (unpaired) electrons. The summed E-state index contributed by atoms with van der Waals surface area (Å²) in [5.74, 6) is 0.0927. The van der Waals surface area contributed by atoms with Crippen LogP contribution in [0.3, 0.4) is 0 Å². The fourth-order valence-electron chi connectivity index (χ4n) is 4.36. The fourth-order valence-corrected chi connectivity index (χ4v) is 6.19. The lowest BCUT2D eigenvalue weighted by Crippen LogP contribution is -2.47. The van der Waals surface area contributed by atoms with Crippen molar-refractivity contribution in [1.29, 1.82) is 0 Å². The van der Waals surface area contributed by atoms with Crippen molar-refractivity contribution in [3.63, 3.8) is 0 Å². The van der Waals surface area contributed by atoms with E-state index in [4.69, 9.17) is 14.2 Å². The number of aliphatic hydroxyl groups excluding tert-OH is 1. The third-order valence-electron chi connectivity index (χ3n) is 6.68. The lowest BCUT2D eigenvalue weighted by Gasteiger charge is -2.28. The molecule has 13 nitrogen and oxygen atoms in total. The van der Waals surface area contributed by atoms with E-state index in [0.717, 1.165) is 36.0 Å². The molecule has 0 aliphatic rings. The van der Waals surface area contributed by atoms with Crippen LogP contribution in [0.25, 0.3) is 0 Å². The number of ether oxygens (including phenoxy) is 4. The highest BCUT2D eigenvalue weighted by Crippen LogP contribution is 2.34. The van der Waals surface area contributed by atoms with E-state index in [-0.39, 0.29) is 25.4 Å². The highest BCUT2D eigenvalue weighted by Gasteiger charge is 2.31. The monoisotopic (exact) mass is 650 g/mol. The number of aromatic nitrogens is 1. The predicted molar refractivity (Wildman–Crippen MR) is 164 cm³/mol. The van der Waals surface area contributed by atoms with E-state index in [2.05, 4.69) is 9.72 Å². The van der Waals surface area contributed by atoms with Crippen molar-refractivity contribution < 1.29 is 42.1 Å². The molecule has 0 saturated heterocycles. The summed E-state index contributed by atoms with van der Waals surface area (Å²) < 4.78 is 48.1. The largest absolute Gasteiger partial charge is 0.496 e. The molecule has 2 aromatic carbocycles. The van der Waals surface area contributed by atoms with Gasteiger partial charge in [0, 0.05) is 30.2 Å². The molecule has 0 bridgehead atoms. The zero-order chi connectivity index (χ0) is 32.3. The zero-order valence-corrected chi connectivity index (χ0v) is 26.9. The normalized spacial score (nSPS) is 12.1. The molecule has 2 N–H and O–H groups in total. The molecular formula is C29H38N4O9S2. The van der Waals surface area contributed by atoms with Crippen molar-refractivity contribution in [1.82, 2.24) is 18.9 Å². The number of aliphatic hydroxyl groups is 1. The third kappa shape index (κ3) is 9.12. The summed E-state index contributed by atoms with van der Waals surface area (Å²) in [6.07, 6.45) is -0.771. The van der Waals surface area contributed by atoms with Crippen LogP contribution >= 0.6 is 11.3 Å². The smallest absolute Gasteiger partial charge is 0.424 e. The van der Waals surface area contributed by atoms with E-state index in [0.29, 0.717) is 39.3 Å². The van der Waals surface area contributed by atoms with Crippen molar-refractivity contribution in [2.75, 3.05) is 48.1 Å². The first-order valence-electron chi connectivity index (χ1n) is 13.6. The number of carbonyl (C=O) groups excluding carboxylic acids is 2. The van der Waals surface area contributed by atoms with Crippen LogP contribution in [-0.2, 0) is 32.6 Å². The molecule has 1 aromatic heterocycles. The molecule has 44 heavy (non-hydrogen) atoms. The number of hydrogen-bond donors (Lipinski definition) is 2. The molecule has 0 aliphatic carbocycles. The number of hydrogen-bond acceptors (Lipinski definition) is 12. The van der Waals surface area contributed by atoms with Gasteiger partial charge >= 0.3 is 16.3 Å². The molecule has 3 rings (SSSR count). The average molecular weight is 651 g/mol. The van der Waals surface area contributed by atoms with Gasteiger partial charge in [0.25, 0.3) is 5.91 Å². The SMILES string of the molecule is COCCN(C(=O)OC)S(=O)(=O)NC(=O)c1csc(CN(CCCc2ccccc2)C(O)c2cc(OC)c(C)c(OC)c2)n1. The van der Waals surface area contributed by atoms with Crippen LogP contribution in [0.15, 0.2) is 47.8 Å². The number of amides is 2. The van der Waals surface area contributed by atoms with Gasteiger partial charge in [0.2, 0.25) is 0 Å². The van der Waals surface area contributed by atoms with Gasteiger partial charge in [-0.2, -0.15) is 12.7 Å². The van der Waals surface area contributed by atoms with Crippen LogP contribution in [0, 0.1) is 6.92 Å². The number of carbonyl (C=O) groups is 2. The molecule has 1 atom stereocenters. The van der Waals surface area contributed by atoms with Crippen molar-refractivity contribution in [2.45, 2.75) is 32.5 Å². The Morgan fingerprint density at radius 1 is 1.05 bits per heavy atom. The highest BCUT2D eigenvalue weighted by molar-refractivity contribution is 7.88. The molecule has 1 unspecified atom stereocenters. The van der Waals surface area contributed by atoms with Crippen molar-refractivity contribution in [3.8, 4) is 11.5 Å². The summed E-state index contributed by atoms with van der Waals surface area (Å²) in [4.78, 5) is 31.0. The first kappa shape index (κ1) is 34.7. The van der Waals surface area contributed by atoms with E-state index < -0.39 is 28.4 Å². The molecule has 240 valence electrons. The number of rotatable bonds is 16. The summed E-state index contributed by atoms with van der Waals surface area (Å²) in [6.45, 7) is 2.01. The van der Waals surface area contributed by atoms with Gasteiger partial charge in [-0.3, -0.25) is 9.69 Å². The number of aryl methyl sites for hydroxylation is 1. The molecule has 1 heterocycles. The van der Waals surface area contributed by atoms with Crippen LogP contribution < -0.4 is 14.2 Å².